The minimum Gasteiger partial charge on any atom is -0.489 e. The summed E-state index contributed by atoms with van der Waals surface area (Å²) in [5.74, 6) is 0.742. The van der Waals surface area contributed by atoms with Crippen molar-refractivity contribution in [3.8, 4) is 11.5 Å². The highest BCUT2D eigenvalue weighted by molar-refractivity contribution is 7.85. The van der Waals surface area contributed by atoms with E-state index in [4.69, 9.17) is 15.2 Å². The topological polar surface area (TPSA) is 104 Å². The van der Waals surface area contributed by atoms with Crippen LogP contribution in [-0.4, -0.2) is 42.5 Å². The number of hydrogen-bond acceptors (Lipinski definition) is 5. The molecule has 31 heavy (non-hydrogen) atoms. The minimum absolute atomic E-state index is 0.0190. The maximum Gasteiger partial charge on any atom is 0.268 e. The van der Waals surface area contributed by atoms with Crippen LogP contribution in [0, 0.1) is 0 Å². The lowest BCUT2D eigenvalue weighted by Gasteiger charge is -2.27. The number of para-hydroxylation sites is 1. The van der Waals surface area contributed by atoms with Gasteiger partial charge >= 0.3 is 0 Å². The van der Waals surface area contributed by atoms with E-state index < -0.39 is 22.0 Å². The molecule has 0 saturated heterocycles. The maximum absolute atomic E-state index is 11.4. The highest BCUT2D eigenvalue weighted by atomic mass is 32.2. The second kappa shape index (κ2) is 7.56. The van der Waals surface area contributed by atoms with Crippen molar-refractivity contribution in [1.82, 2.24) is 4.57 Å². The Bertz CT molecular complexity index is 1370. The first-order valence-corrected chi connectivity index (χ1v) is 11.6. The largest absolute Gasteiger partial charge is 0.489 e. The highest BCUT2D eigenvalue weighted by Gasteiger charge is 2.29. The molecule has 2 heterocycles. The molecule has 0 saturated carbocycles. The van der Waals surface area contributed by atoms with Gasteiger partial charge in [0.25, 0.3) is 10.1 Å². The Kier molecular flexibility index (Phi) is 4.85. The number of nitrogens with zero attached hydrogens (tertiary/aromatic N) is 1. The van der Waals surface area contributed by atoms with E-state index in [2.05, 4.69) is 16.7 Å². The van der Waals surface area contributed by atoms with Crippen LogP contribution in [0.25, 0.3) is 21.8 Å². The molecule has 7 nitrogen and oxygen atoms in total. The summed E-state index contributed by atoms with van der Waals surface area (Å²) in [6.07, 6.45) is -0.867. The van der Waals surface area contributed by atoms with E-state index in [0.29, 0.717) is 12.4 Å². The summed E-state index contributed by atoms with van der Waals surface area (Å²) < 4.78 is 46.3. The fourth-order valence-corrected chi connectivity index (χ4v) is 5.02. The van der Waals surface area contributed by atoms with Crippen LogP contribution in [0.15, 0.2) is 66.7 Å². The molecule has 160 valence electrons. The molecule has 1 aliphatic rings. The summed E-state index contributed by atoms with van der Waals surface area (Å²) in [6, 6.07) is 21.7. The molecule has 4 aromatic rings. The molecule has 1 aliphatic heterocycles. The average Bonchev–Trinajstić information content (AvgIpc) is 3.10. The quantitative estimate of drug-likeness (QED) is 0.448. The van der Waals surface area contributed by atoms with E-state index in [0.717, 1.165) is 33.1 Å². The Hall–Kier alpha value is -3.07. The molecule has 0 bridgehead atoms. The number of benzene rings is 3. The van der Waals surface area contributed by atoms with Gasteiger partial charge < -0.3 is 19.8 Å². The zero-order valence-electron chi connectivity index (χ0n) is 16.6. The molecule has 0 radical (unpaired) electrons. The first kappa shape index (κ1) is 19.9. The molecule has 2 atom stereocenters. The van der Waals surface area contributed by atoms with Crippen molar-refractivity contribution in [2.75, 3.05) is 18.9 Å². The summed E-state index contributed by atoms with van der Waals surface area (Å²) in [4.78, 5) is 0. The summed E-state index contributed by atoms with van der Waals surface area (Å²) in [6.45, 7) is 0.453. The highest BCUT2D eigenvalue weighted by Crippen LogP contribution is 2.44. The Labute approximate surface area is 179 Å². The van der Waals surface area contributed by atoms with E-state index >= 15 is 0 Å². The Morgan fingerprint density at radius 3 is 2.61 bits per heavy atom. The van der Waals surface area contributed by atoms with E-state index in [1.807, 2.05) is 48.5 Å². The fourth-order valence-electron chi connectivity index (χ4n) is 4.35. The molecule has 3 N–H and O–H groups in total. The molecule has 0 amide bonds. The van der Waals surface area contributed by atoms with Crippen LogP contribution >= 0.6 is 0 Å². The van der Waals surface area contributed by atoms with Crippen molar-refractivity contribution in [2.24, 2.45) is 5.73 Å². The van der Waals surface area contributed by atoms with Crippen molar-refractivity contribution in [1.29, 1.82) is 0 Å². The van der Waals surface area contributed by atoms with Gasteiger partial charge in [-0.25, -0.2) is 0 Å². The van der Waals surface area contributed by atoms with E-state index in [-0.39, 0.29) is 12.6 Å². The molecule has 3 aromatic carbocycles. The monoisotopic (exact) mass is 438 g/mol. The fraction of sp³-hybridized carbons (Fsp3) is 0.217. The normalized spacial score (nSPS) is 16.9. The average molecular weight is 439 g/mol. The third kappa shape index (κ3) is 3.52. The predicted octanol–water partition coefficient (Wildman–Crippen LogP) is 3.37. The summed E-state index contributed by atoms with van der Waals surface area (Å²) >= 11 is 0. The number of fused-ring (bicyclic) bond motifs is 3. The summed E-state index contributed by atoms with van der Waals surface area (Å²) in [5, 5.41) is 1.81. The van der Waals surface area contributed by atoms with Crippen molar-refractivity contribution in [3.05, 3.63) is 72.3 Å². The maximum atomic E-state index is 11.4. The second-order valence-corrected chi connectivity index (χ2v) is 9.13. The summed E-state index contributed by atoms with van der Waals surface area (Å²) in [7, 11) is -4.22. The lowest BCUT2D eigenvalue weighted by molar-refractivity contribution is 0.232. The predicted molar refractivity (Wildman–Crippen MR) is 119 cm³/mol. The SMILES string of the molecule is NCC(CS(=O)(=O)O)Oc1cccc2c1c1cccc3c1n2C(c1ccccc1)CO3. The van der Waals surface area contributed by atoms with Crippen LogP contribution in [0.5, 0.6) is 11.5 Å². The van der Waals surface area contributed by atoms with Crippen LogP contribution in [0.1, 0.15) is 11.6 Å². The molecule has 0 aliphatic carbocycles. The molecular formula is C23H22N2O5S. The van der Waals surface area contributed by atoms with Gasteiger partial charge in [-0.1, -0.05) is 48.5 Å². The molecule has 0 spiro atoms. The zero-order chi connectivity index (χ0) is 21.6. The zero-order valence-corrected chi connectivity index (χ0v) is 17.5. The molecule has 5 rings (SSSR count). The van der Waals surface area contributed by atoms with Gasteiger partial charge in [-0.3, -0.25) is 4.55 Å². The molecule has 1 aromatic heterocycles. The van der Waals surface area contributed by atoms with Gasteiger partial charge in [-0.15, -0.1) is 0 Å². The Morgan fingerprint density at radius 1 is 1.10 bits per heavy atom. The molecule has 0 fully saturated rings. The number of ether oxygens (including phenoxy) is 2. The van der Waals surface area contributed by atoms with Crippen LogP contribution in [-0.2, 0) is 10.1 Å². The lowest BCUT2D eigenvalue weighted by Crippen LogP contribution is -2.33. The number of rotatable bonds is 6. The molecule has 8 heteroatoms. The van der Waals surface area contributed by atoms with E-state index in [1.54, 1.807) is 6.07 Å². The second-order valence-electron chi connectivity index (χ2n) is 7.63. The van der Waals surface area contributed by atoms with Crippen molar-refractivity contribution < 1.29 is 22.4 Å². The number of hydrogen-bond donors (Lipinski definition) is 2. The van der Waals surface area contributed by atoms with Gasteiger partial charge in [0.2, 0.25) is 0 Å². The lowest BCUT2D eigenvalue weighted by atomic mass is 10.1. The number of aromatic nitrogens is 1. The van der Waals surface area contributed by atoms with Crippen LogP contribution < -0.4 is 15.2 Å². The van der Waals surface area contributed by atoms with Crippen molar-refractivity contribution in [3.63, 3.8) is 0 Å². The van der Waals surface area contributed by atoms with Gasteiger partial charge in [-0.05, 0) is 23.8 Å². The summed E-state index contributed by atoms with van der Waals surface area (Å²) in [5.41, 5.74) is 8.78. The Morgan fingerprint density at radius 2 is 1.87 bits per heavy atom. The van der Waals surface area contributed by atoms with Gasteiger partial charge in [0, 0.05) is 17.3 Å². The molecule has 2 unspecified atom stereocenters. The smallest absolute Gasteiger partial charge is 0.268 e. The standard InChI is InChI=1S/C23H22N2O5S/c24-12-16(14-31(26,27)28)30-20-10-5-9-18-22(20)17-8-4-11-21-23(17)25(18)19(13-29-21)15-6-2-1-3-7-15/h1-11,16,19H,12-14,24H2,(H,26,27,28). The van der Waals surface area contributed by atoms with Gasteiger partial charge in [0.05, 0.1) is 17.1 Å². The van der Waals surface area contributed by atoms with Gasteiger partial charge in [0.15, 0.2) is 0 Å². The van der Waals surface area contributed by atoms with Crippen molar-refractivity contribution in [2.45, 2.75) is 12.1 Å². The van der Waals surface area contributed by atoms with Crippen LogP contribution in [0.3, 0.4) is 0 Å². The Balaban J connectivity index is 1.72. The van der Waals surface area contributed by atoms with Crippen molar-refractivity contribution >= 4 is 31.9 Å². The molecular weight excluding hydrogens is 416 g/mol. The first-order chi connectivity index (χ1) is 15.0. The van der Waals surface area contributed by atoms with Gasteiger partial charge in [-0.2, -0.15) is 8.42 Å². The van der Waals surface area contributed by atoms with Crippen LogP contribution in [0.4, 0.5) is 0 Å². The minimum atomic E-state index is -4.22. The van der Waals surface area contributed by atoms with Crippen LogP contribution in [0.2, 0.25) is 0 Å². The van der Waals surface area contributed by atoms with Gasteiger partial charge in [0.1, 0.15) is 30.0 Å². The first-order valence-electron chi connectivity index (χ1n) is 10.0. The van der Waals surface area contributed by atoms with E-state index in [1.165, 1.54) is 0 Å². The van der Waals surface area contributed by atoms with E-state index in [9.17, 15) is 13.0 Å². The number of nitrogens with two attached hydrogens (primary N) is 1. The third-order valence-electron chi connectivity index (χ3n) is 5.62. The third-order valence-corrected chi connectivity index (χ3v) is 6.41.